The molecule has 2 aromatic rings. The molecule has 2 rings (SSSR count). The molecule has 0 fully saturated rings. The van der Waals surface area contributed by atoms with Crippen molar-refractivity contribution in [2.75, 3.05) is 0 Å². The third-order valence-corrected chi connectivity index (χ3v) is 2.84. The molecule has 7 heteroatoms. The van der Waals surface area contributed by atoms with Crippen molar-refractivity contribution in [3.8, 4) is 11.6 Å². The van der Waals surface area contributed by atoms with Crippen LogP contribution in [0.15, 0.2) is 41.0 Å². The Labute approximate surface area is 117 Å². The maximum atomic E-state index is 11.0. The van der Waals surface area contributed by atoms with Crippen LogP contribution in [0.4, 0.5) is 5.69 Å². The minimum absolute atomic E-state index is 0.0709. The number of ether oxygens (including phenoxy) is 1. The van der Waals surface area contributed by atoms with Gasteiger partial charge in [0, 0.05) is 22.3 Å². The van der Waals surface area contributed by atoms with Gasteiger partial charge in [0.1, 0.15) is 0 Å². The van der Waals surface area contributed by atoms with Crippen LogP contribution in [0, 0.1) is 10.1 Å². The lowest BCUT2D eigenvalue weighted by atomic mass is 10.2. The molecule has 1 N–H and O–H groups in total. The fourth-order valence-corrected chi connectivity index (χ4v) is 1.81. The molecule has 1 heterocycles. The van der Waals surface area contributed by atoms with E-state index in [0.29, 0.717) is 10.0 Å². The SMILES string of the molecule is O=[N+]([O-])c1cc(Br)ccc1Oc1ncccc1CO. The molecule has 0 unspecified atom stereocenters. The zero-order valence-corrected chi connectivity index (χ0v) is 11.2. The Hall–Kier alpha value is -1.99. The summed E-state index contributed by atoms with van der Waals surface area (Å²) in [5, 5.41) is 20.1. The van der Waals surface area contributed by atoms with Crippen LogP contribution in [0.5, 0.6) is 11.6 Å². The highest BCUT2D eigenvalue weighted by Crippen LogP contribution is 2.33. The first-order chi connectivity index (χ1) is 9.11. The molecule has 0 atom stereocenters. The summed E-state index contributed by atoms with van der Waals surface area (Å²) in [5.74, 6) is 0.219. The van der Waals surface area contributed by atoms with Crippen LogP contribution < -0.4 is 4.74 Å². The summed E-state index contributed by atoms with van der Waals surface area (Å²) < 4.78 is 5.99. The molecule has 19 heavy (non-hydrogen) atoms. The number of aromatic nitrogens is 1. The number of aliphatic hydroxyl groups is 1. The Morgan fingerprint density at radius 2 is 2.21 bits per heavy atom. The minimum atomic E-state index is -0.540. The Morgan fingerprint density at radius 1 is 1.42 bits per heavy atom. The van der Waals surface area contributed by atoms with Crippen LogP contribution in [0.1, 0.15) is 5.56 Å². The molecule has 1 aromatic heterocycles. The lowest BCUT2D eigenvalue weighted by Gasteiger charge is -2.08. The highest BCUT2D eigenvalue weighted by atomic mass is 79.9. The molecule has 0 saturated heterocycles. The second-order valence-corrected chi connectivity index (χ2v) is 4.51. The Balaban J connectivity index is 2.41. The normalized spacial score (nSPS) is 10.2. The van der Waals surface area contributed by atoms with E-state index < -0.39 is 4.92 Å². The van der Waals surface area contributed by atoms with Crippen molar-refractivity contribution in [1.29, 1.82) is 0 Å². The van der Waals surface area contributed by atoms with Crippen LogP contribution in [-0.4, -0.2) is 15.0 Å². The van der Waals surface area contributed by atoms with Gasteiger partial charge in [0.25, 0.3) is 0 Å². The van der Waals surface area contributed by atoms with Gasteiger partial charge < -0.3 is 9.84 Å². The predicted molar refractivity (Wildman–Crippen MR) is 71.0 cm³/mol. The molecule has 0 aliphatic heterocycles. The van der Waals surface area contributed by atoms with Crippen molar-refractivity contribution in [3.05, 3.63) is 56.7 Å². The summed E-state index contributed by atoms with van der Waals surface area (Å²) in [6, 6.07) is 7.72. The average molecular weight is 325 g/mol. The molecular formula is C12H9BrN2O4. The van der Waals surface area contributed by atoms with E-state index in [1.165, 1.54) is 18.3 Å². The Bertz CT molecular complexity index is 618. The van der Waals surface area contributed by atoms with E-state index >= 15 is 0 Å². The van der Waals surface area contributed by atoms with E-state index in [-0.39, 0.29) is 23.9 Å². The monoisotopic (exact) mass is 324 g/mol. The van der Waals surface area contributed by atoms with Gasteiger partial charge in [-0.15, -0.1) is 0 Å². The number of aliphatic hydroxyl groups excluding tert-OH is 1. The van der Waals surface area contributed by atoms with Crippen molar-refractivity contribution in [3.63, 3.8) is 0 Å². The topological polar surface area (TPSA) is 85.5 Å². The molecular weight excluding hydrogens is 316 g/mol. The second kappa shape index (κ2) is 5.77. The number of hydrogen-bond donors (Lipinski definition) is 1. The lowest BCUT2D eigenvalue weighted by molar-refractivity contribution is -0.385. The van der Waals surface area contributed by atoms with Gasteiger partial charge in [-0.2, -0.15) is 0 Å². The lowest BCUT2D eigenvalue weighted by Crippen LogP contribution is -1.97. The van der Waals surface area contributed by atoms with E-state index in [2.05, 4.69) is 20.9 Å². The van der Waals surface area contributed by atoms with Crippen LogP contribution in [0.2, 0.25) is 0 Å². The molecule has 0 saturated carbocycles. The number of benzene rings is 1. The standard InChI is InChI=1S/C12H9BrN2O4/c13-9-3-4-11(10(6-9)15(17)18)19-12-8(7-16)2-1-5-14-12/h1-6,16H,7H2. The van der Waals surface area contributed by atoms with Gasteiger partial charge in [0.15, 0.2) is 0 Å². The Kier molecular flexibility index (Phi) is 4.08. The fourth-order valence-electron chi connectivity index (χ4n) is 1.46. The molecule has 0 aliphatic rings. The first kappa shape index (κ1) is 13.4. The van der Waals surface area contributed by atoms with Crippen molar-refractivity contribution in [2.45, 2.75) is 6.61 Å². The van der Waals surface area contributed by atoms with Crippen LogP contribution in [0.3, 0.4) is 0 Å². The van der Waals surface area contributed by atoms with E-state index in [4.69, 9.17) is 9.84 Å². The van der Waals surface area contributed by atoms with Gasteiger partial charge >= 0.3 is 5.69 Å². The second-order valence-electron chi connectivity index (χ2n) is 3.60. The van der Waals surface area contributed by atoms with Crippen LogP contribution in [0.25, 0.3) is 0 Å². The third-order valence-electron chi connectivity index (χ3n) is 2.34. The van der Waals surface area contributed by atoms with Crippen LogP contribution in [-0.2, 0) is 6.61 Å². The quantitative estimate of drug-likeness (QED) is 0.690. The van der Waals surface area contributed by atoms with Gasteiger partial charge in [-0.3, -0.25) is 10.1 Å². The van der Waals surface area contributed by atoms with Gasteiger partial charge in [-0.1, -0.05) is 15.9 Å². The summed E-state index contributed by atoms with van der Waals surface area (Å²) in [5.41, 5.74) is 0.281. The number of nitro groups is 1. The van der Waals surface area contributed by atoms with E-state index in [1.54, 1.807) is 18.2 Å². The highest BCUT2D eigenvalue weighted by Gasteiger charge is 2.17. The molecule has 1 aromatic carbocycles. The first-order valence-corrected chi connectivity index (χ1v) is 6.07. The molecule has 0 radical (unpaired) electrons. The molecule has 98 valence electrons. The van der Waals surface area contributed by atoms with Crippen molar-refractivity contribution in [1.82, 2.24) is 4.98 Å². The largest absolute Gasteiger partial charge is 0.431 e. The number of hydrogen-bond acceptors (Lipinski definition) is 5. The highest BCUT2D eigenvalue weighted by molar-refractivity contribution is 9.10. The molecule has 0 amide bonds. The molecule has 6 nitrogen and oxygen atoms in total. The molecule has 0 bridgehead atoms. The van der Waals surface area contributed by atoms with Gasteiger partial charge in [-0.25, -0.2) is 4.98 Å². The number of nitro benzene ring substituents is 1. The Morgan fingerprint density at radius 3 is 2.89 bits per heavy atom. The summed E-state index contributed by atoms with van der Waals surface area (Å²) >= 11 is 3.16. The summed E-state index contributed by atoms with van der Waals surface area (Å²) in [6.45, 7) is -0.256. The number of rotatable bonds is 4. The number of halogens is 1. The number of pyridine rings is 1. The molecule has 0 aliphatic carbocycles. The van der Waals surface area contributed by atoms with Gasteiger partial charge in [0.05, 0.1) is 11.5 Å². The van der Waals surface area contributed by atoms with Gasteiger partial charge in [0.2, 0.25) is 11.6 Å². The van der Waals surface area contributed by atoms with Crippen LogP contribution >= 0.6 is 15.9 Å². The zero-order valence-electron chi connectivity index (χ0n) is 9.62. The van der Waals surface area contributed by atoms with E-state index in [0.717, 1.165) is 0 Å². The van der Waals surface area contributed by atoms with Crippen molar-refractivity contribution < 1.29 is 14.8 Å². The smallest absolute Gasteiger partial charge is 0.312 e. The number of nitrogens with zero attached hydrogens (tertiary/aromatic N) is 2. The van der Waals surface area contributed by atoms with Crippen molar-refractivity contribution in [2.24, 2.45) is 0 Å². The fraction of sp³-hybridized carbons (Fsp3) is 0.0833. The van der Waals surface area contributed by atoms with Gasteiger partial charge in [-0.05, 0) is 24.3 Å². The molecule has 0 spiro atoms. The van der Waals surface area contributed by atoms with Crippen molar-refractivity contribution >= 4 is 21.6 Å². The predicted octanol–water partition coefficient (Wildman–Crippen LogP) is 3.04. The summed E-state index contributed by atoms with van der Waals surface area (Å²) in [4.78, 5) is 14.4. The summed E-state index contributed by atoms with van der Waals surface area (Å²) in [7, 11) is 0. The average Bonchev–Trinajstić information content (AvgIpc) is 2.41. The van der Waals surface area contributed by atoms with E-state index in [1.807, 2.05) is 0 Å². The van der Waals surface area contributed by atoms with E-state index in [9.17, 15) is 10.1 Å². The maximum Gasteiger partial charge on any atom is 0.312 e. The summed E-state index contributed by atoms with van der Waals surface area (Å²) in [6.07, 6.45) is 1.49. The zero-order chi connectivity index (χ0) is 13.8. The maximum absolute atomic E-state index is 11.0. The minimum Gasteiger partial charge on any atom is -0.431 e. The third kappa shape index (κ3) is 3.07. The first-order valence-electron chi connectivity index (χ1n) is 5.28.